The number of methoxy groups -OCH3 is 2. The van der Waals surface area contributed by atoms with Gasteiger partial charge in [0, 0.05) is 11.2 Å². The summed E-state index contributed by atoms with van der Waals surface area (Å²) in [5.74, 6) is 0.783. The number of aryl methyl sites for hydroxylation is 2. The predicted molar refractivity (Wildman–Crippen MR) is 82.9 cm³/mol. The van der Waals surface area contributed by atoms with Crippen molar-refractivity contribution in [2.75, 3.05) is 14.2 Å². The lowest BCUT2D eigenvalue weighted by molar-refractivity contribution is -0.747. The molecule has 5 nitrogen and oxygen atoms in total. The maximum Gasteiger partial charge on any atom is 0.289 e. The highest BCUT2D eigenvalue weighted by Crippen LogP contribution is 2.37. The van der Waals surface area contributed by atoms with Gasteiger partial charge in [-0.15, -0.1) is 0 Å². The first-order valence-electron chi connectivity index (χ1n) is 6.59. The lowest BCUT2D eigenvalue weighted by Gasteiger charge is -2.09. The molecule has 0 unspecified atom stereocenters. The summed E-state index contributed by atoms with van der Waals surface area (Å²) in [5, 5.41) is 16.4. The number of rotatable bonds is 5. The highest BCUT2D eigenvalue weighted by molar-refractivity contribution is 7.11. The van der Waals surface area contributed by atoms with E-state index in [0.29, 0.717) is 11.5 Å². The summed E-state index contributed by atoms with van der Waals surface area (Å²) in [6.07, 6.45) is 3.95. The van der Waals surface area contributed by atoms with Crippen molar-refractivity contribution in [3.05, 3.63) is 27.7 Å². The van der Waals surface area contributed by atoms with E-state index in [-0.39, 0.29) is 22.7 Å². The predicted octanol–water partition coefficient (Wildman–Crippen LogP) is -0.344. The van der Waals surface area contributed by atoms with Crippen molar-refractivity contribution in [3.63, 3.8) is 0 Å². The normalized spacial score (nSPS) is 10.5. The van der Waals surface area contributed by atoms with Crippen molar-refractivity contribution in [2.45, 2.75) is 20.4 Å². The third-order valence-electron chi connectivity index (χ3n) is 2.99. The van der Waals surface area contributed by atoms with E-state index in [1.165, 1.54) is 14.2 Å². The molecule has 1 heterocycles. The van der Waals surface area contributed by atoms with Crippen LogP contribution in [0.3, 0.4) is 0 Å². The zero-order valence-corrected chi connectivity index (χ0v) is 15.4. The molecule has 1 N–H and O–H groups in total. The molecule has 0 amide bonds. The highest BCUT2D eigenvalue weighted by Gasteiger charge is 2.13. The molecular formula is C15H19BrN2O3S. The molecule has 0 spiro atoms. The second kappa shape index (κ2) is 8.14. The Balaban J connectivity index is 0.00000242. The Morgan fingerprint density at radius 3 is 2.32 bits per heavy atom. The second-order valence-electron chi connectivity index (χ2n) is 4.38. The van der Waals surface area contributed by atoms with Crippen molar-refractivity contribution >= 4 is 23.5 Å². The Morgan fingerprint density at radius 1 is 1.23 bits per heavy atom. The van der Waals surface area contributed by atoms with Gasteiger partial charge in [-0.3, -0.25) is 0 Å². The van der Waals surface area contributed by atoms with Crippen LogP contribution in [0.25, 0.3) is 12.2 Å². The van der Waals surface area contributed by atoms with Gasteiger partial charge in [-0.1, -0.05) is 4.68 Å². The lowest BCUT2D eigenvalue weighted by atomic mass is 10.1. The van der Waals surface area contributed by atoms with E-state index in [2.05, 4.69) is 12.0 Å². The number of benzene rings is 1. The van der Waals surface area contributed by atoms with E-state index >= 15 is 0 Å². The van der Waals surface area contributed by atoms with Gasteiger partial charge in [0.25, 0.3) is 5.01 Å². The van der Waals surface area contributed by atoms with Crippen LogP contribution in [0.2, 0.25) is 0 Å². The SMILES string of the molecule is CC[n+]1nc(C)sc1/C=C/c1cc(OC)c(O)c(OC)c1.[Br-]. The van der Waals surface area contributed by atoms with Crippen LogP contribution >= 0.6 is 11.3 Å². The van der Waals surface area contributed by atoms with Crippen LogP contribution in [0, 0.1) is 6.92 Å². The summed E-state index contributed by atoms with van der Waals surface area (Å²) in [7, 11) is 3.03. The van der Waals surface area contributed by atoms with Crippen molar-refractivity contribution in [3.8, 4) is 17.2 Å². The number of nitrogens with zero attached hydrogens (tertiary/aromatic N) is 2. The van der Waals surface area contributed by atoms with Gasteiger partial charge in [0.15, 0.2) is 23.1 Å². The van der Waals surface area contributed by atoms with Crippen LogP contribution in [0.4, 0.5) is 0 Å². The van der Waals surface area contributed by atoms with E-state index in [1.54, 1.807) is 23.5 Å². The van der Waals surface area contributed by atoms with Gasteiger partial charge >= 0.3 is 0 Å². The Labute approximate surface area is 144 Å². The molecule has 1 aromatic heterocycles. The van der Waals surface area contributed by atoms with E-state index in [1.807, 2.05) is 23.8 Å². The Kier molecular flexibility index (Phi) is 6.83. The molecule has 0 fully saturated rings. The number of phenols is 1. The van der Waals surface area contributed by atoms with Crippen LogP contribution in [0.15, 0.2) is 12.1 Å². The fourth-order valence-corrected chi connectivity index (χ4v) is 2.82. The van der Waals surface area contributed by atoms with Crippen molar-refractivity contribution in [1.29, 1.82) is 0 Å². The number of phenolic OH excluding ortho intramolecular Hbond substituents is 1. The molecule has 0 saturated heterocycles. The zero-order chi connectivity index (χ0) is 15.4. The van der Waals surface area contributed by atoms with Crippen molar-refractivity contribution in [1.82, 2.24) is 5.10 Å². The number of halogens is 1. The van der Waals surface area contributed by atoms with E-state index in [9.17, 15) is 5.11 Å². The molecule has 22 heavy (non-hydrogen) atoms. The summed E-state index contributed by atoms with van der Waals surface area (Å²) in [6.45, 7) is 4.87. The number of hydrogen-bond acceptors (Lipinski definition) is 5. The molecule has 0 aliphatic rings. The lowest BCUT2D eigenvalue weighted by Crippen LogP contribution is -3.00. The number of hydrogen-bond donors (Lipinski definition) is 1. The molecule has 0 radical (unpaired) electrons. The van der Waals surface area contributed by atoms with Gasteiger partial charge in [-0.05, 0) is 49.0 Å². The van der Waals surface area contributed by atoms with E-state index in [4.69, 9.17) is 9.47 Å². The first kappa shape index (κ1) is 18.4. The van der Waals surface area contributed by atoms with Crippen LogP contribution < -0.4 is 31.1 Å². The maximum atomic E-state index is 9.90. The average Bonchev–Trinajstić information content (AvgIpc) is 2.86. The molecule has 0 aliphatic carbocycles. The molecule has 120 valence electrons. The number of aromatic nitrogens is 2. The molecule has 0 atom stereocenters. The van der Waals surface area contributed by atoms with E-state index in [0.717, 1.165) is 22.1 Å². The Morgan fingerprint density at radius 2 is 1.82 bits per heavy atom. The molecular weight excluding hydrogens is 368 g/mol. The van der Waals surface area contributed by atoms with E-state index < -0.39 is 0 Å². The van der Waals surface area contributed by atoms with Crippen LogP contribution in [0.1, 0.15) is 22.5 Å². The fourth-order valence-electron chi connectivity index (χ4n) is 1.97. The Hall–Kier alpha value is -1.60. The van der Waals surface area contributed by atoms with Crippen molar-refractivity contribution in [2.24, 2.45) is 0 Å². The fraction of sp³-hybridized carbons (Fsp3) is 0.333. The molecule has 2 aromatic rings. The zero-order valence-electron chi connectivity index (χ0n) is 13.0. The van der Waals surface area contributed by atoms with Gasteiger partial charge in [-0.25, -0.2) is 0 Å². The maximum absolute atomic E-state index is 9.90. The quantitative estimate of drug-likeness (QED) is 0.714. The summed E-state index contributed by atoms with van der Waals surface area (Å²) < 4.78 is 12.3. The monoisotopic (exact) mass is 386 g/mol. The first-order valence-corrected chi connectivity index (χ1v) is 7.41. The highest BCUT2D eigenvalue weighted by atomic mass is 79.9. The standard InChI is InChI=1S/C15H18N2O3S.BrH/c1-5-17-14(21-10(2)16-17)7-6-11-8-12(19-3)15(18)13(9-11)20-4;/h6-9H,5H2,1-4H3;1H. The molecule has 0 bridgehead atoms. The second-order valence-corrected chi connectivity index (χ2v) is 5.60. The minimum atomic E-state index is 0. The summed E-state index contributed by atoms with van der Waals surface area (Å²) in [6, 6.07) is 3.52. The van der Waals surface area contributed by atoms with Crippen LogP contribution in [-0.4, -0.2) is 24.4 Å². The molecule has 2 rings (SSSR count). The minimum Gasteiger partial charge on any atom is -1.00 e. The minimum absolute atomic E-state index is 0. The number of ether oxygens (including phenoxy) is 2. The number of aromatic hydroxyl groups is 1. The molecule has 7 heteroatoms. The summed E-state index contributed by atoms with van der Waals surface area (Å²) in [4.78, 5) is 0. The third kappa shape index (κ3) is 3.98. The topological polar surface area (TPSA) is 55.5 Å². The van der Waals surface area contributed by atoms with Gasteiger partial charge < -0.3 is 31.6 Å². The van der Waals surface area contributed by atoms with Gasteiger partial charge in [0.1, 0.15) is 0 Å². The van der Waals surface area contributed by atoms with Crippen LogP contribution in [-0.2, 0) is 6.54 Å². The molecule has 0 aliphatic heterocycles. The van der Waals surface area contributed by atoms with Gasteiger partial charge in [0.2, 0.25) is 5.75 Å². The Bertz CT molecular complexity index is 646. The summed E-state index contributed by atoms with van der Waals surface area (Å²) >= 11 is 1.63. The van der Waals surface area contributed by atoms with Gasteiger partial charge in [0.05, 0.1) is 14.2 Å². The molecule has 0 saturated carbocycles. The first-order chi connectivity index (χ1) is 10.1. The third-order valence-corrected chi connectivity index (χ3v) is 3.92. The average molecular weight is 387 g/mol. The van der Waals surface area contributed by atoms with Crippen molar-refractivity contribution < 1.29 is 36.2 Å². The largest absolute Gasteiger partial charge is 1.00 e. The van der Waals surface area contributed by atoms with Crippen LogP contribution in [0.5, 0.6) is 17.2 Å². The summed E-state index contributed by atoms with van der Waals surface area (Å²) in [5.41, 5.74) is 0.884. The smallest absolute Gasteiger partial charge is 0.289 e. The van der Waals surface area contributed by atoms with Gasteiger partial charge in [-0.2, -0.15) is 0 Å². The molecule has 1 aromatic carbocycles.